The first-order valence-corrected chi connectivity index (χ1v) is 6.31. The predicted octanol–water partition coefficient (Wildman–Crippen LogP) is 1.83. The van der Waals surface area contributed by atoms with Crippen LogP contribution in [0.25, 0.3) is 0 Å². The van der Waals surface area contributed by atoms with Crippen molar-refractivity contribution in [2.24, 2.45) is 11.7 Å². The minimum absolute atomic E-state index is 0.0835. The molecule has 0 bridgehead atoms. The van der Waals surface area contributed by atoms with Gasteiger partial charge in [-0.3, -0.25) is 4.79 Å². The van der Waals surface area contributed by atoms with Gasteiger partial charge in [0.05, 0.1) is 11.9 Å². The Balaban J connectivity index is 2.40. The Bertz CT molecular complexity index is 362. The van der Waals surface area contributed by atoms with Crippen molar-refractivity contribution < 1.29 is 4.79 Å². The molecule has 0 saturated carbocycles. The van der Waals surface area contributed by atoms with Gasteiger partial charge >= 0.3 is 0 Å². The number of hydrogen-bond acceptors (Lipinski definition) is 4. The Morgan fingerprint density at radius 2 is 2.22 bits per heavy atom. The third-order valence-electron chi connectivity index (χ3n) is 2.45. The molecule has 0 atom stereocenters. The van der Waals surface area contributed by atoms with Crippen LogP contribution in [0.4, 0.5) is 11.5 Å². The summed E-state index contributed by atoms with van der Waals surface area (Å²) in [7, 11) is 0. The van der Waals surface area contributed by atoms with E-state index < -0.39 is 0 Å². The van der Waals surface area contributed by atoms with Gasteiger partial charge in [0.25, 0.3) is 0 Å². The van der Waals surface area contributed by atoms with E-state index >= 15 is 0 Å². The fourth-order valence-electron chi connectivity index (χ4n) is 1.42. The maximum absolute atomic E-state index is 11.3. The van der Waals surface area contributed by atoms with Crippen LogP contribution in [-0.2, 0) is 4.79 Å². The summed E-state index contributed by atoms with van der Waals surface area (Å²) in [4.78, 5) is 15.5. The summed E-state index contributed by atoms with van der Waals surface area (Å²) in [6.45, 7) is 5.63. The van der Waals surface area contributed by atoms with Gasteiger partial charge in [0.1, 0.15) is 5.82 Å². The van der Waals surface area contributed by atoms with Crippen molar-refractivity contribution >= 4 is 17.4 Å². The Morgan fingerprint density at radius 1 is 1.44 bits per heavy atom. The Labute approximate surface area is 108 Å². The van der Waals surface area contributed by atoms with E-state index in [2.05, 4.69) is 29.5 Å². The van der Waals surface area contributed by atoms with Gasteiger partial charge in [-0.05, 0) is 24.5 Å². The summed E-state index contributed by atoms with van der Waals surface area (Å²) in [6, 6.07) is 3.69. The van der Waals surface area contributed by atoms with Crippen LogP contribution in [0.3, 0.4) is 0 Å². The minimum Gasteiger partial charge on any atom is -0.370 e. The summed E-state index contributed by atoms with van der Waals surface area (Å²) in [5, 5.41) is 5.97. The number of nitrogens with zero attached hydrogens (tertiary/aromatic N) is 1. The maximum Gasteiger partial charge on any atom is 0.225 e. The van der Waals surface area contributed by atoms with Crippen molar-refractivity contribution in [1.29, 1.82) is 0 Å². The smallest absolute Gasteiger partial charge is 0.225 e. The molecular weight excluding hydrogens is 228 g/mol. The van der Waals surface area contributed by atoms with Crippen molar-refractivity contribution in [3.8, 4) is 0 Å². The zero-order valence-corrected chi connectivity index (χ0v) is 11.1. The standard InChI is InChI=1S/C13H22N4O/c1-10(2)6-8-15-12-4-3-11(9-16-12)17-13(18)5-7-14/h3-4,9-10H,5-8,14H2,1-2H3,(H,15,16)(H,17,18). The number of nitrogens with one attached hydrogen (secondary N) is 2. The fraction of sp³-hybridized carbons (Fsp3) is 0.538. The Hall–Kier alpha value is -1.62. The van der Waals surface area contributed by atoms with Crippen LogP contribution < -0.4 is 16.4 Å². The van der Waals surface area contributed by atoms with Gasteiger partial charge in [-0.2, -0.15) is 0 Å². The number of nitrogens with two attached hydrogens (primary N) is 1. The molecule has 1 rings (SSSR count). The summed E-state index contributed by atoms with van der Waals surface area (Å²) in [5.74, 6) is 1.42. The monoisotopic (exact) mass is 250 g/mol. The Morgan fingerprint density at radius 3 is 2.78 bits per heavy atom. The lowest BCUT2D eigenvalue weighted by molar-refractivity contribution is -0.116. The van der Waals surface area contributed by atoms with Gasteiger partial charge in [-0.15, -0.1) is 0 Å². The molecule has 4 N–H and O–H groups in total. The number of amides is 1. The zero-order valence-electron chi connectivity index (χ0n) is 11.1. The van der Waals surface area contributed by atoms with Gasteiger partial charge < -0.3 is 16.4 Å². The van der Waals surface area contributed by atoms with Gasteiger partial charge in [0.15, 0.2) is 0 Å². The van der Waals surface area contributed by atoms with E-state index in [1.165, 1.54) is 0 Å². The number of carbonyl (C=O) groups excluding carboxylic acids is 1. The SMILES string of the molecule is CC(C)CCNc1ccc(NC(=O)CCN)cn1. The highest BCUT2D eigenvalue weighted by Gasteiger charge is 2.01. The number of hydrogen-bond donors (Lipinski definition) is 3. The molecule has 0 spiro atoms. The number of pyridine rings is 1. The van der Waals surface area contributed by atoms with Crippen molar-refractivity contribution in [3.63, 3.8) is 0 Å². The van der Waals surface area contributed by atoms with E-state index in [-0.39, 0.29) is 5.91 Å². The van der Waals surface area contributed by atoms with Gasteiger partial charge in [0.2, 0.25) is 5.91 Å². The fourth-order valence-corrected chi connectivity index (χ4v) is 1.42. The summed E-state index contributed by atoms with van der Waals surface area (Å²) >= 11 is 0. The van der Waals surface area contributed by atoms with E-state index in [4.69, 9.17) is 5.73 Å². The second-order valence-electron chi connectivity index (χ2n) is 4.63. The Kier molecular flexibility index (Phi) is 6.14. The van der Waals surface area contributed by atoms with Crippen molar-refractivity contribution in [2.45, 2.75) is 26.7 Å². The molecule has 0 saturated heterocycles. The molecular formula is C13H22N4O. The lowest BCUT2D eigenvalue weighted by Crippen LogP contribution is -2.16. The molecule has 5 heteroatoms. The number of carbonyl (C=O) groups is 1. The topological polar surface area (TPSA) is 80.0 Å². The molecule has 100 valence electrons. The van der Waals surface area contributed by atoms with Crippen molar-refractivity contribution in [2.75, 3.05) is 23.7 Å². The van der Waals surface area contributed by atoms with Crippen LogP contribution in [0.15, 0.2) is 18.3 Å². The molecule has 0 aromatic carbocycles. The molecule has 0 unspecified atom stereocenters. The number of rotatable bonds is 7. The summed E-state index contributed by atoms with van der Waals surface area (Å²) in [5.41, 5.74) is 6.00. The second kappa shape index (κ2) is 7.66. The van der Waals surface area contributed by atoms with E-state index in [1.54, 1.807) is 6.20 Å². The second-order valence-corrected chi connectivity index (χ2v) is 4.63. The first-order valence-electron chi connectivity index (χ1n) is 6.31. The first-order chi connectivity index (χ1) is 8.61. The molecule has 1 aromatic rings. The zero-order chi connectivity index (χ0) is 13.4. The van der Waals surface area contributed by atoms with E-state index in [9.17, 15) is 4.79 Å². The van der Waals surface area contributed by atoms with Crippen LogP contribution in [0, 0.1) is 5.92 Å². The quantitative estimate of drug-likeness (QED) is 0.689. The first kappa shape index (κ1) is 14.4. The van der Waals surface area contributed by atoms with Crippen LogP contribution in [0.2, 0.25) is 0 Å². The van der Waals surface area contributed by atoms with E-state index in [1.807, 2.05) is 12.1 Å². The number of anilines is 2. The lowest BCUT2D eigenvalue weighted by Gasteiger charge is -2.08. The maximum atomic E-state index is 11.3. The highest BCUT2D eigenvalue weighted by Crippen LogP contribution is 2.10. The van der Waals surface area contributed by atoms with Gasteiger partial charge in [0, 0.05) is 19.5 Å². The molecule has 0 fully saturated rings. The average Bonchev–Trinajstić information content (AvgIpc) is 2.31. The predicted molar refractivity (Wildman–Crippen MR) is 74.5 cm³/mol. The molecule has 5 nitrogen and oxygen atoms in total. The van der Waals surface area contributed by atoms with E-state index in [0.29, 0.717) is 24.6 Å². The summed E-state index contributed by atoms with van der Waals surface area (Å²) in [6.07, 6.45) is 3.08. The van der Waals surface area contributed by atoms with Gasteiger partial charge in [-0.25, -0.2) is 4.98 Å². The molecule has 18 heavy (non-hydrogen) atoms. The van der Waals surface area contributed by atoms with Gasteiger partial charge in [-0.1, -0.05) is 13.8 Å². The van der Waals surface area contributed by atoms with Crippen LogP contribution in [-0.4, -0.2) is 24.0 Å². The normalized spacial score (nSPS) is 10.4. The van der Waals surface area contributed by atoms with Crippen LogP contribution in [0.1, 0.15) is 26.7 Å². The molecule has 1 heterocycles. The molecule has 0 aliphatic rings. The number of aromatic nitrogens is 1. The van der Waals surface area contributed by atoms with Crippen molar-refractivity contribution in [3.05, 3.63) is 18.3 Å². The van der Waals surface area contributed by atoms with Crippen LogP contribution in [0.5, 0.6) is 0 Å². The molecule has 1 aromatic heterocycles. The molecule has 0 aliphatic carbocycles. The molecule has 0 aliphatic heterocycles. The molecule has 1 amide bonds. The largest absolute Gasteiger partial charge is 0.370 e. The molecule has 0 radical (unpaired) electrons. The highest BCUT2D eigenvalue weighted by atomic mass is 16.1. The highest BCUT2D eigenvalue weighted by molar-refractivity contribution is 5.90. The summed E-state index contributed by atoms with van der Waals surface area (Å²) < 4.78 is 0. The lowest BCUT2D eigenvalue weighted by atomic mass is 10.1. The van der Waals surface area contributed by atoms with E-state index in [0.717, 1.165) is 18.8 Å². The van der Waals surface area contributed by atoms with Crippen LogP contribution >= 0.6 is 0 Å². The minimum atomic E-state index is -0.0835. The average molecular weight is 250 g/mol. The third kappa shape index (κ3) is 5.63. The third-order valence-corrected chi connectivity index (χ3v) is 2.45. The van der Waals surface area contributed by atoms with Crippen molar-refractivity contribution in [1.82, 2.24) is 4.98 Å².